The molecule has 0 heterocycles. The number of nitrogens with zero attached hydrogens (tertiary/aromatic N) is 1. The smallest absolute Gasteiger partial charge is 0.335 e. The molecule has 16 heavy (non-hydrogen) atoms. The van der Waals surface area contributed by atoms with Gasteiger partial charge >= 0.3 is 5.97 Å². The lowest BCUT2D eigenvalue weighted by molar-refractivity contribution is 0.0697. The summed E-state index contributed by atoms with van der Waals surface area (Å²) in [5.74, 6) is -0.871. The van der Waals surface area contributed by atoms with Crippen LogP contribution >= 0.6 is 0 Å². The molecule has 88 valence electrons. The van der Waals surface area contributed by atoms with Gasteiger partial charge in [0, 0.05) is 19.3 Å². The lowest BCUT2D eigenvalue weighted by atomic mass is 10.2. The Bertz CT molecular complexity index is 350. The second-order valence-corrected chi connectivity index (χ2v) is 3.98. The van der Waals surface area contributed by atoms with E-state index in [1.165, 1.54) is 12.8 Å². The van der Waals surface area contributed by atoms with Crippen molar-refractivity contribution in [1.29, 1.82) is 0 Å². The summed E-state index contributed by atoms with van der Waals surface area (Å²) in [6.45, 7) is 3.14. The van der Waals surface area contributed by atoms with Gasteiger partial charge in [-0.1, -0.05) is 25.8 Å². The Kier molecular flexibility index (Phi) is 4.83. The number of anilines is 1. The van der Waals surface area contributed by atoms with E-state index in [1.807, 2.05) is 13.1 Å². The third-order valence-corrected chi connectivity index (χ3v) is 2.63. The van der Waals surface area contributed by atoms with Crippen LogP contribution in [0.25, 0.3) is 0 Å². The van der Waals surface area contributed by atoms with Crippen molar-refractivity contribution in [2.45, 2.75) is 26.2 Å². The fourth-order valence-corrected chi connectivity index (χ4v) is 1.60. The molecule has 3 heteroatoms. The zero-order valence-corrected chi connectivity index (χ0v) is 9.94. The summed E-state index contributed by atoms with van der Waals surface area (Å²) in [6, 6.07) is 7.06. The van der Waals surface area contributed by atoms with E-state index in [0.29, 0.717) is 5.56 Å². The largest absolute Gasteiger partial charge is 0.478 e. The minimum Gasteiger partial charge on any atom is -0.478 e. The van der Waals surface area contributed by atoms with Gasteiger partial charge in [0.05, 0.1) is 5.56 Å². The highest BCUT2D eigenvalue weighted by Crippen LogP contribution is 2.15. The molecule has 0 aromatic heterocycles. The van der Waals surface area contributed by atoms with E-state index < -0.39 is 5.97 Å². The lowest BCUT2D eigenvalue weighted by Crippen LogP contribution is -2.18. The molecular weight excluding hydrogens is 202 g/mol. The molecule has 0 bridgehead atoms. The number of carboxylic acids is 1. The molecule has 0 aliphatic carbocycles. The average molecular weight is 221 g/mol. The minimum absolute atomic E-state index is 0.347. The predicted molar refractivity (Wildman–Crippen MR) is 66.2 cm³/mol. The highest BCUT2D eigenvalue weighted by Gasteiger charge is 2.05. The van der Waals surface area contributed by atoms with Crippen molar-refractivity contribution in [2.24, 2.45) is 0 Å². The second kappa shape index (κ2) is 6.16. The number of rotatable bonds is 6. The Morgan fingerprint density at radius 3 is 2.75 bits per heavy atom. The highest BCUT2D eigenvalue weighted by atomic mass is 16.4. The van der Waals surface area contributed by atoms with Crippen LogP contribution in [0.3, 0.4) is 0 Å². The molecule has 0 saturated carbocycles. The molecule has 3 nitrogen and oxygen atoms in total. The number of unbranched alkanes of at least 4 members (excludes halogenated alkanes) is 2. The number of carboxylic acid groups (broad SMARTS) is 1. The predicted octanol–water partition coefficient (Wildman–Crippen LogP) is 3.01. The van der Waals surface area contributed by atoms with Crippen molar-refractivity contribution in [3.8, 4) is 0 Å². The molecule has 0 unspecified atom stereocenters. The standard InChI is InChI=1S/C13H19NO2/c1-3-4-5-9-14(2)12-8-6-7-11(10-12)13(15)16/h6-8,10H,3-5,9H2,1-2H3,(H,15,16). The van der Waals surface area contributed by atoms with Crippen LogP contribution in [0.5, 0.6) is 0 Å². The maximum absolute atomic E-state index is 10.8. The van der Waals surface area contributed by atoms with E-state index in [4.69, 9.17) is 5.11 Å². The summed E-state index contributed by atoms with van der Waals surface area (Å²) < 4.78 is 0. The van der Waals surface area contributed by atoms with Crippen LogP contribution in [-0.2, 0) is 0 Å². The van der Waals surface area contributed by atoms with Crippen LogP contribution in [0.2, 0.25) is 0 Å². The van der Waals surface area contributed by atoms with Gasteiger partial charge in [-0.05, 0) is 24.6 Å². The number of benzene rings is 1. The molecule has 1 aromatic rings. The summed E-state index contributed by atoms with van der Waals surface area (Å²) in [5.41, 5.74) is 1.32. The fraction of sp³-hybridized carbons (Fsp3) is 0.462. The van der Waals surface area contributed by atoms with Crippen molar-refractivity contribution in [2.75, 3.05) is 18.5 Å². The average Bonchev–Trinajstić information content (AvgIpc) is 2.29. The van der Waals surface area contributed by atoms with Crippen LogP contribution in [0.1, 0.15) is 36.5 Å². The van der Waals surface area contributed by atoms with Gasteiger partial charge in [-0.3, -0.25) is 0 Å². The van der Waals surface area contributed by atoms with Crippen molar-refractivity contribution < 1.29 is 9.90 Å². The van der Waals surface area contributed by atoms with Gasteiger partial charge in [0.15, 0.2) is 0 Å². The molecule has 0 atom stereocenters. The molecule has 1 aromatic carbocycles. The van der Waals surface area contributed by atoms with E-state index in [-0.39, 0.29) is 0 Å². The molecule has 0 radical (unpaired) electrons. The van der Waals surface area contributed by atoms with E-state index in [2.05, 4.69) is 11.8 Å². The van der Waals surface area contributed by atoms with Gasteiger partial charge in [0.25, 0.3) is 0 Å². The number of hydrogen-bond donors (Lipinski definition) is 1. The monoisotopic (exact) mass is 221 g/mol. The zero-order chi connectivity index (χ0) is 12.0. The first kappa shape index (κ1) is 12.6. The SMILES string of the molecule is CCCCCN(C)c1cccc(C(=O)O)c1. The van der Waals surface area contributed by atoms with Crippen molar-refractivity contribution in [1.82, 2.24) is 0 Å². The number of carbonyl (C=O) groups is 1. The van der Waals surface area contributed by atoms with Gasteiger partial charge in [0.2, 0.25) is 0 Å². The Morgan fingerprint density at radius 2 is 2.12 bits per heavy atom. The van der Waals surface area contributed by atoms with Crippen LogP contribution in [0, 0.1) is 0 Å². The quantitative estimate of drug-likeness (QED) is 0.751. The third-order valence-electron chi connectivity index (χ3n) is 2.63. The minimum atomic E-state index is -0.871. The lowest BCUT2D eigenvalue weighted by Gasteiger charge is -2.19. The summed E-state index contributed by atoms with van der Waals surface area (Å²) in [4.78, 5) is 12.9. The highest BCUT2D eigenvalue weighted by molar-refractivity contribution is 5.88. The molecule has 1 N–H and O–H groups in total. The molecule has 0 aliphatic rings. The molecule has 0 aliphatic heterocycles. The molecule has 0 fully saturated rings. The first-order chi connectivity index (χ1) is 7.65. The summed E-state index contributed by atoms with van der Waals surface area (Å²) in [6.07, 6.45) is 3.55. The number of hydrogen-bond acceptors (Lipinski definition) is 2. The van der Waals surface area contributed by atoms with Gasteiger partial charge in [-0.15, -0.1) is 0 Å². The topological polar surface area (TPSA) is 40.5 Å². The Morgan fingerprint density at radius 1 is 1.38 bits per heavy atom. The summed E-state index contributed by atoms with van der Waals surface area (Å²) in [7, 11) is 2.00. The summed E-state index contributed by atoms with van der Waals surface area (Å²) in [5, 5.41) is 8.89. The van der Waals surface area contributed by atoms with E-state index in [9.17, 15) is 4.79 Å². The van der Waals surface area contributed by atoms with E-state index >= 15 is 0 Å². The maximum Gasteiger partial charge on any atom is 0.335 e. The third kappa shape index (κ3) is 3.57. The Balaban J connectivity index is 2.64. The number of aromatic carboxylic acids is 1. The zero-order valence-electron chi connectivity index (χ0n) is 9.94. The Hall–Kier alpha value is -1.51. The van der Waals surface area contributed by atoms with Gasteiger partial charge < -0.3 is 10.0 Å². The maximum atomic E-state index is 10.8. The second-order valence-electron chi connectivity index (χ2n) is 3.98. The van der Waals surface area contributed by atoms with Crippen molar-refractivity contribution in [3.63, 3.8) is 0 Å². The van der Waals surface area contributed by atoms with Crippen LogP contribution < -0.4 is 4.90 Å². The molecule has 0 amide bonds. The van der Waals surface area contributed by atoms with Gasteiger partial charge in [-0.25, -0.2) is 4.79 Å². The molecule has 0 spiro atoms. The molecule has 0 saturated heterocycles. The van der Waals surface area contributed by atoms with Crippen LogP contribution in [0.4, 0.5) is 5.69 Å². The Labute approximate surface area is 96.7 Å². The first-order valence-corrected chi connectivity index (χ1v) is 5.69. The van der Waals surface area contributed by atoms with Gasteiger partial charge in [-0.2, -0.15) is 0 Å². The first-order valence-electron chi connectivity index (χ1n) is 5.69. The van der Waals surface area contributed by atoms with Crippen molar-refractivity contribution >= 4 is 11.7 Å². The van der Waals surface area contributed by atoms with E-state index in [0.717, 1.165) is 18.7 Å². The van der Waals surface area contributed by atoms with E-state index in [1.54, 1.807) is 18.2 Å². The molecular formula is C13H19NO2. The van der Waals surface area contributed by atoms with Crippen LogP contribution in [-0.4, -0.2) is 24.7 Å². The normalized spacial score (nSPS) is 10.1. The summed E-state index contributed by atoms with van der Waals surface area (Å²) >= 11 is 0. The van der Waals surface area contributed by atoms with Crippen molar-refractivity contribution in [3.05, 3.63) is 29.8 Å². The fourth-order valence-electron chi connectivity index (χ4n) is 1.60. The van der Waals surface area contributed by atoms with Gasteiger partial charge in [0.1, 0.15) is 0 Å². The molecule has 1 rings (SSSR count). The van der Waals surface area contributed by atoms with Crippen LogP contribution in [0.15, 0.2) is 24.3 Å².